The van der Waals surface area contributed by atoms with Crippen LogP contribution in [-0.2, 0) is 10.5 Å². The lowest BCUT2D eigenvalue weighted by atomic mass is 9.85. The first-order valence-electron chi connectivity index (χ1n) is 8.99. The van der Waals surface area contributed by atoms with Gasteiger partial charge in [0, 0.05) is 18.7 Å². The highest BCUT2D eigenvalue weighted by molar-refractivity contribution is 6.00. The minimum atomic E-state index is -1.52. The zero-order valence-corrected chi connectivity index (χ0v) is 14.5. The van der Waals surface area contributed by atoms with Crippen molar-refractivity contribution in [1.29, 1.82) is 0 Å². The average Bonchev–Trinajstić information content (AvgIpc) is 2.69. The van der Waals surface area contributed by atoms with Gasteiger partial charge in [-0.15, -0.1) is 0 Å². The van der Waals surface area contributed by atoms with Crippen molar-refractivity contribution in [3.8, 4) is 0 Å². The number of hydrogen-bond donors (Lipinski definition) is 1. The van der Waals surface area contributed by atoms with Crippen LogP contribution < -0.4 is 5.32 Å². The van der Waals surface area contributed by atoms with Crippen LogP contribution in [0.3, 0.4) is 0 Å². The fraction of sp³-hybridized carbons (Fsp3) is 0.333. The maximum atomic E-state index is 15.6. The summed E-state index contributed by atoms with van der Waals surface area (Å²) in [6.07, 6.45) is 1.04. The van der Waals surface area contributed by atoms with Crippen LogP contribution in [0.4, 0.5) is 4.39 Å². The van der Waals surface area contributed by atoms with Crippen molar-refractivity contribution in [2.75, 3.05) is 19.6 Å². The average molecular weight is 352 g/mol. The summed E-state index contributed by atoms with van der Waals surface area (Å²) in [6.45, 7) is 0.863. The summed E-state index contributed by atoms with van der Waals surface area (Å²) < 4.78 is 15.6. The Hall–Kier alpha value is -2.69. The monoisotopic (exact) mass is 352 g/mol. The highest BCUT2D eigenvalue weighted by Gasteiger charge is 2.41. The Morgan fingerprint density at radius 2 is 1.85 bits per heavy atom. The van der Waals surface area contributed by atoms with E-state index in [9.17, 15) is 9.59 Å². The second-order valence-electron chi connectivity index (χ2n) is 7.04. The lowest BCUT2D eigenvalue weighted by Gasteiger charge is -2.40. The molecule has 134 valence electrons. The Bertz CT molecular complexity index is 839. The number of likely N-dealkylation sites (tertiary alicyclic amines) is 1. The molecule has 2 aliphatic heterocycles. The van der Waals surface area contributed by atoms with Gasteiger partial charge in [0.05, 0.1) is 12.5 Å². The summed E-state index contributed by atoms with van der Waals surface area (Å²) >= 11 is 0. The van der Waals surface area contributed by atoms with E-state index < -0.39 is 11.6 Å². The first-order valence-corrected chi connectivity index (χ1v) is 8.99. The second kappa shape index (κ2) is 6.56. The fourth-order valence-corrected chi connectivity index (χ4v) is 4.02. The van der Waals surface area contributed by atoms with Crippen LogP contribution >= 0.6 is 0 Å². The smallest absolute Gasteiger partial charge is 0.251 e. The quantitative estimate of drug-likeness (QED) is 0.903. The number of rotatable bonds is 2. The zero-order chi connectivity index (χ0) is 18.1. The number of nitrogens with one attached hydrogen (secondary N) is 1. The van der Waals surface area contributed by atoms with Gasteiger partial charge in [0.2, 0.25) is 5.91 Å². The largest absolute Gasteiger partial charge is 0.351 e. The molecule has 0 bridgehead atoms. The Morgan fingerprint density at radius 3 is 2.65 bits per heavy atom. The fourth-order valence-electron chi connectivity index (χ4n) is 4.02. The Morgan fingerprint density at radius 1 is 1.12 bits per heavy atom. The number of piperidine rings is 1. The topological polar surface area (TPSA) is 49.4 Å². The molecule has 0 aromatic heterocycles. The summed E-state index contributed by atoms with van der Waals surface area (Å²) in [5.74, 6) is -0.732. The minimum absolute atomic E-state index is 0.0580. The molecular formula is C21H21FN2O2. The van der Waals surface area contributed by atoms with Crippen molar-refractivity contribution in [3.63, 3.8) is 0 Å². The molecule has 0 saturated carbocycles. The first kappa shape index (κ1) is 16.8. The van der Waals surface area contributed by atoms with E-state index in [-0.39, 0.29) is 24.9 Å². The second-order valence-corrected chi connectivity index (χ2v) is 7.04. The molecule has 4 nitrogen and oxygen atoms in total. The highest BCUT2D eigenvalue weighted by Crippen LogP contribution is 2.37. The van der Waals surface area contributed by atoms with E-state index in [0.717, 1.165) is 5.56 Å². The van der Waals surface area contributed by atoms with Gasteiger partial charge in [-0.1, -0.05) is 48.5 Å². The Labute approximate surface area is 152 Å². The van der Waals surface area contributed by atoms with Crippen molar-refractivity contribution in [2.45, 2.75) is 24.4 Å². The number of nitrogens with zero attached hydrogens (tertiary/aromatic N) is 1. The third-order valence-corrected chi connectivity index (χ3v) is 5.39. The summed E-state index contributed by atoms with van der Waals surface area (Å²) in [6, 6.07) is 16.2. The molecule has 1 N–H and O–H groups in total. The minimum Gasteiger partial charge on any atom is -0.351 e. The molecule has 26 heavy (non-hydrogen) atoms. The highest BCUT2D eigenvalue weighted by atomic mass is 19.1. The predicted molar refractivity (Wildman–Crippen MR) is 96.6 cm³/mol. The van der Waals surface area contributed by atoms with Gasteiger partial charge in [0.1, 0.15) is 0 Å². The molecule has 0 spiro atoms. The zero-order valence-electron chi connectivity index (χ0n) is 14.5. The Kier molecular flexibility index (Phi) is 4.23. The van der Waals surface area contributed by atoms with Crippen molar-refractivity contribution < 1.29 is 14.0 Å². The number of halogens is 1. The van der Waals surface area contributed by atoms with Gasteiger partial charge in [-0.2, -0.15) is 0 Å². The van der Waals surface area contributed by atoms with Crippen LogP contribution in [0, 0.1) is 0 Å². The molecule has 4 rings (SSSR count). The van der Waals surface area contributed by atoms with Crippen molar-refractivity contribution in [2.24, 2.45) is 0 Å². The van der Waals surface area contributed by atoms with Crippen LogP contribution in [0.25, 0.3) is 0 Å². The third kappa shape index (κ3) is 2.87. The van der Waals surface area contributed by atoms with Crippen LogP contribution in [0.5, 0.6) is 0 Å². The van der Waals surface area contributed by atoms with Gasteiger partial charge >= 0.3 is 0 Å². The molecule has 1 fully saturated rings. The van der Waals surface area contributed by atoms with Gasteiger partial charge < -0.3 is 10.2 Å². The number of carbonyl (C=O) groups is 2. The predicted octanol–water partition coefficient (Wildman–Crippen LogP) is 3.00. The summed E-state index contributed by atoms with van der Waals surface area (Å²) in [7, 11) is 0. The van der Waals surface area contributed by atoms with Gasteiger partial charge in [0.15, 0.2) is 5.67 Å². The lowest BCUT2D eigenvalue weighted by molar-refractivity contribution is -0.137. The van der Waals surface area contributed by atoms with Crippen LogP contribution in [0.15, 0.2) is 54.6 Å². The molecule has 2 heterocycles. The van der Waals surface area contributed by atoms with Crippen molar-refractivity contribution >= 4 is 11.8 Å². The maximum Gasteiger partial charge on any atom is 0.251 e. The van der Waals surface area contributed by atoms with Crippen molar-refractivity contribution in [3.05, 3.63) is 71.3 Å². The molecule has 2 unspecified atom stereocenters. The van der Waals surface area contributed by atoms with E-state index in [2.05, 4.69) is 5.32 Å². The van der Waals surface area contributed by atoms with Gasteiger partial charge in [-0.3, -0.25) is 9.59 Å². The standard InChI is InChI=1S/C21H21FN2O2/c22-21(15-7-2-1-3-8-15)11-6-12-24(14-21)20(26)18-13-23-19(25)17-10-5-4-9-16(17)18/h1-5,7-10,18H,6,11-14H2,(H,23,25). The molecule has 2 aromatic rings. The van der Waals surface area contributed by atoms with Crippen molar-refractivity contribution in [1.82, 2.24) is 10.2 Å². The molecule has 2 aliphatic rings. The van der Waals surface area contributed by atoms with E-state index in [0.29, 0.717) is 30.5 Å². The van der Waals surface area contributed by atoms with E-state index in [1.807, 2.05) is 30.3 Å². The third-order valence-electron chi connectivity index (χ3n) is 5.39. The van der Waals surface area contributed by atoms with E-state index >= 15 is 4.39 Å². The molecule has 2 atom stereocenters. The molecule has 5 heteroatoms. The number of alkyl halides is 1. The maximum absolute atomic E-state index is 15.6. The molecular weight excluding hydrogens is 331 g/mol. The van der Waals surface area contributed by atoms with Gasteiger partial charge in [-0.25, -0.2) is 4.39 Å². The van der Waals surface area contributed by atoms with Gasteiger partial charge in [0.25, 0.3) is 5.91 Å². The normalized spacial score (nSPS) is 25.3. The summed E-state index contributed by atoms with van der Waals surface area (Å²) in [5.41, 5.74) is 0.363. The molecule has 1 saturated heterocycles. The first-order chi connectivity index (χ1) is 12.6. The Balaban J connectivity index is 1.59. The van der Waals surface area contributed by atoms with E-state index in [1.54, 1.807) is 29.2 Å². The van der Waals surface area contributed by atoms with E-state index in [1.165, 1.54) is 0 Å². The molecule has 2 amide bonds. The summed E-state index contributed by atoms with van der Waals surface area (Å²) in [5, 5.41) is 2.78. The molecule has 0 radical (unpaired) electrons. The van der Waals surface area contributed by atoms with Crippen LogP contribution in [0.1, 0.15) is 40.2 Å². The number of amides is 2. The van der Waals surface area contributed by atoms with Gasteiger partial charge in [-0.05, 0) is 30.0 Å². The SMILES string of the molecule is O=C1NCC(C(=O)N2CCCC(F)(c3ccccc3)C2)c2ccccc21. The van der Waals surface area contributed by atoms with Crippen LogP contribution in [0.2, 0.25) is 0 Å². The summed E-state index contributed by atoms with van der Waals surface area (Å²) in [4.78, 5) is 26.8. The van der Waals surface area contributed by atoms with E-state index in [4.69, 9.17) is 0 Å². The number of hydrogen-bond acceptors (Lipinski definition) is 2. The number of fused-ring (bicyclic) bond motifs is 1. The molecule has 0 aliphatic carbocycles. The number of benzene rings is 2. The lowest BCUT2D eigenvalue weighted by Crippen LogP contribution is -2.50. The molecule has 2 aromatic carbocycles. The number of carbonyl (C=O) groups excluding carboxylic acids is 2. The van der Waals surface area contributed by atoms with Crippen LogP contribution in [-0.4, -0.2) is 36.3 Å².